The molecule has 0 aliphatic heterocycles. The number of halogens is 1. The molecule has 0 aliphatic rings. The number of hydrogen-bond acceptors (Lipinski definition) is 3. The molecular formula is C13H15ClN2O2S. The van der Waals surface area contributed by atoms with Crippen LogP contribution in [0.15, 0.2) is 26.4 Å². The molecule has 0 fully saturated rings. The fourth-order valence-electron chi connectivity index (χ4n) is 2.04. The second-order valence-corrected chi connectivity index (χ2v) is 5.54. The highest BCUT2D eigenvalue weighted by atomic mass is 35.5. The molecule has 2 rings (SSSR count). The Hall–Kier alpha value is -1.33. The van der Waals surface area contributed by atoms with Gasteiger partial charge in [-0.25, -0.2) is 4.79 Å². The standard InChI is InChI=1S/C13H15ClN2O2S/c1-3-4-10-11(14)15-13(18)16(12(10)17)8(2)9-5-6-19-7-9/h5-8H,3-4H2,1-2H3,(H,15,18). The summed E-state index contributed by atoms with van der Waals surface area (Å²) in [6, 6.07) is 1.62. The van der Waals surface area contributed by atoms with Crippen molar-refractivity contribution in [2.75, 3.05) is 0 Å². The maximum atomic E-state index is 12.4. The monoisotopic (exact) mass is 298 g/mol. The summed E-state index contributed by atoms with van der Waals surface area (Å²) in [5.41, 5.74) is 0.663. The highest BCUT2D eigenvalue weighted by molar-refractivity contribution is 7.07. The van der Waals surface area contributed by atoms with E-state index in [2.05, 4.69) is 4.98 Å². The molecule has 0 saturated heterocycles. The van der Waals surface area contributed by atoms with Gasteiger partial charge in [0.05, 0.1) is 11.6 Å². The van der Waals surface area contributed by atoms with Gasteiger partial charge >= 0.3 is 5.69 Å². The topological polar surface area (TPSA) is 54.9 Å². The molecule has 0 amide bonds. The number of nitrogens with zero attached hydrogens (tertiary/aromatic N) is 1. The maximum absolute atomic E-state index is 12.4. The SMILES string of the molecule is CCCc1c(Cl)[nH]c(=O)n(C(C)c2ccsc2)c1=O. The van der Waals surface area contributed by atoms with Crippen molar-refractivity contribution in [3.05, 3.63) is 53.9 Å². The molecule has 2 aromatic rings. The number of thiophene rings is 1. The minimum atomic E-state index is -0.464. The molecule has 19 heavy (non-hydrogen) atoms. The summed E-state index contributed by atoms with van der Waals surface area (Å²) >= 11 is 7.49. The van der Waals surface area contributed by atoms with Crippen molar-refractivity contribution < 1.29 is 0 Å². The van der Waals surface area contributed by atoms with E-state index in [-0.39, 0.29) is 16.8 Å². The first-order valence-corrected chi connectivity index (χ1v) is 7.43. The van der Waals surface area contributed by atoms with Crippen LogP contribution >= 0.6 is 22.9 Å². The first kappa shape index (κ1) is 14.1. The van der Waals surface area contributed by atoms with Crippen molar-refractivity contribution in [1.82, 2.24) is 9.55 Å². The number of rotatable bonds is 4. The Morgan fingerprint density at radius 3 is 2.79 bits per heavy atom. The van der Waals surface area contributed by atoms with E-state index >= 15 is 0 Å². The van der Waals surface area contributed by atoms with Gasteiger partial charge in [0.1, 0.15) is 5.15 Å². The second-order valence-electron chi connectivity index (χ2n) is 4.38. The summed E-state index contributed by atoms with van der Waals surface area (Å²) in [6.45, 7) is 3.80. The average molecular weight is 299 g/mol. The predicted molar refractivity (Wildman–Crippen MR) is 78.5 cm³/mol. The van der Waals surface area contributed by atoms with Gasteiger partial charge in [0.25, 0.3) is 5.56 Å². The molecule has 0 radical (unpaired) electrons. The smallest absolute Gasteiger partial charge is 0.297 e. The van der Waals surface area contributed by atoms with Gasteiger partial charge in [0, 0.05) is 0 Å². The molecule has 2 heterocycles. The van der Waals surface area contributed by atoms with Gasteiger partial charge in [-0.05, 0) is 35.7 Å². The van der Waals surface area contributed by atoms with Crippen LogP contribution in [-0.4, -0.2) is 9.55 Å². The van der Waals surface area contributed by atoms with Crippen molar-refractivity contribution in [1.29, 1.82) is 0 Å². The Labute approximate surface area is 119 Å². The fraction of sp³-hybridized carbons (Fsp3) is 0.385. The van der Waals surface area contributed by atoms with Crippen LogP contribution in [0.4, 0.5) is 0 Å². The molecule has 0 saturated carbocycles. The normalized spacial score (nSPS) is 12.6. The zero-order valence-corrected chi connectivity index (χ0v) is 12.3. The third-order valence-corrected chi connectivity index (χ3v) is 4.11. The van der Waals surface area contributed by atoms with E-state index in [0.717, 1.165) is 12.0 Å². The zero-order valence-electron chi connectivity index (χ0n) is 10.8. The molecule has 4 nitrogen and oxygen atoms in total. The summed E-state index contributed by atoms with van der Waals surface area (Å²) in [7, 11) is 0. The van der Waals surface area contributed by atoms with Crippen LogP contribution in [0, 0.1) is 0 Å². The van der Waals surface area contributed by atoms with E-state index in [1.807, 2.05) is 30.7 Å². The van der Waals surface area contributed by atoms with E-state index in [0.29, 0.717) is 12.0 Å². The van der Waals surface area contributed by atoms with Crippen LogP contribution in [0.25, 0.3) is 0 Å². The van der Waals surface area contributed by atoms with Gasteiger partial charge in [-0.2, -0.15) is 11.3 Å². The molecule has 1 N–H and O–H groups in total. The second kappa shape index (κ2) is 5.75. The quantitative estimate of drug-likeness (QED) is 0.883. The molecule has 1 atom stereocenters. The van der Waals surface area contributed by atoms with E-state index in [9.17, 15) is 9.59 Å². The van der Waals surface area contributed by atoms with E-state index in [1.54, 1.807) is 0 Å². The van der Waals surface area contributed by atoms with Gasteiger partial charge in [0.15, 0.2) is 0 Å². The minimum Gasteiger partial charge on any atom is -0.297 e. The summed E-state index contributed by atoms with van der Waals surface area (Å²) in [5.74, 6) is 0. The van der Waals surface area contributed by atoms with Gasteiger partial charge in [0.2, 0.25) is 0 Å². The van der Waals surface area contributed by atoms with Gasteiger partial charge < -0.3 is 0 Å². The molecule has 1 unspecified atom stereocenters. The Morgan fingerprint density at radius 1 is 1.47 bits per heavy atom. The lowest BCUT2D eigenvalue weighted by atomic mass is 10.1. The Kier molecular flexibility index (Phi) is 4.27. The lowest BCUT2D eigenvalue weighted by molar-refractivity contribution is 0.571. The zero-order chi connectivity index (χ0) is 14.0. The lowest BCUT2D eigenvalue weighted by Crippen LogP contribution is -2.39. The lowest BCUT2D eigenvalue weighted by Gasteiger charge is -2.14. The van der Waals surface area contributed by atoms with Crippen molar-refractivity contribution in [3.8, 4) is 0 Å². The summed E-state index contributed by atoms with van der Waals surface area (Å²) in [4.78, 5) is 26.9. The maximum Gasteiger partial charge on any atom is 0.330 e. The molecule has 102 valence electrons. The van der Waals surface area contributed by atoms with E-state index in [4.69, 9.17) is 11.6 Å². The van der Waals surface area contributed by atoms with Crippen molar-refractivity contribution >= 4 is 22.9 Å². The van der Waals surface area contributed by atoms with Crippen LogP contribution in [-0.2, 0) is 6.42 Å². The summed E-state index contributed by atoms with van der Waals surface area (Å²) in [6.07, 6.45) is 1.36. The largest absolute Gasteiger partial charge is 0.330 e. The summed E-state index contributed by atoms with van der Waals surface area (Å²) < 4.78 is 1.24. The number of aromatic amines is 1. The molecule has 2 aromatic heterocycles. The third kappa shape index (κ3) is 2.67. The third-order valence-electron chi connectivity index (χ3n) is 3.09. The average Bonchev–Trinajstić information content (AvgIpc) is 2.87. The first-order valence-electron chi connectivity index (χ1n) is 6.11. The van der Waals surface area contributed by atoms with Crippen molar-refractivity contribution in [2.45, 2.75) is 32.7 Å². The predicted octanol–water partition coefficient (Wildman–Crippen LogP) is 2.81. The summed E-state index contributed by atoms with van der Waals surface area (Å²) in [5, 5.41) is 4.02. The van der Waals surface area contributed by atoms with Crippen LogP contribution in [0.5, 0.6) is 0 Å². The first-order chi connectivity index (χ1) is 9.06. The number of nitrogens with one attached hydrogen (secondary N) is 1. The van der Waals surface area contributed by atoms with Crippen LogP contribution in [0.2, 0.25) is 5.15 Å². The van der Waals surface area contributed by atoms with E-state index in [1.165, 1.54) is 15.9 Å². The Morgan fingerprint density at radius 2 is 2.21 bits per heavy atom. The van der Waals surface area contributed by atoms with Crippen LogP contribution < -0.4 is 11.2 Å². The van der Waals surface area contributed by atoms with E-state index < -0.39 is 5.69 Å². The van der Waals surface area contributed by atoms with Gasteiger partial charge in [-0.1, -0.05) is 24.9 Å². The molecule has 0 aromatic carbocycles. The molecule has 0 aliphatic carbocycles. The van der Waals surface area contributed by atoms with Crippen molar-refractivity contribution in [2.24, 2.45) is 0 Å². The highest BCUT2D eigenvalue weighted by Gasteiger charge is 2.17. The fourth-order valence-corrected chi connectivity index (χ4v) is 3.04. The number of H-pyrrole nitrogens is 1. The number of aromatic nitrogens is 2. The molecule has 0 spiro atoms. The molecule has 6 heteroatoms. The Bertz CT molecular complexity index is 673. The van der Waals surface area contributed by atoms with Gasteiger partial charge in [-0.3, -0.25) is 14.3 Å². The van der Waals surface area contributed by atoms with Crippen LogP contribution in [0.1, 0.15) is 37.4 Å². The Balaban J connectivity index is 2.61. The van der Waals surface area contributed by atoms with Crippen LogP contribution in [0.3, 0.4) is 0 Å². The van der Waals surface area contributed by atoms with Crippen molar-refractivity contribution in [3.63, 3.8) is 0 Å². The minimum absolute atomic E-state index is 0.158. The molecular weight excluding hydrogens is 284 g/mol. The molecule has 0 bridgehead atoms. The number of hydrogen-bond donors (Lipinski definition) is 1. The van der Waals surface area contributed by atoms with Gasteiger partial charge in [-0.15, -0.1) is 0 Å². The highest BCUT2D eigenvalue weighted by Crippen LogP contribution is 2.18.